The van der Waals surface area contributed by atoms with Gasteiger partial charge in [-0.15, -0.1) is 11.3 Å². The maximum Gasteiger partial charge on any atom is 0.317 e. The molecule has 0 aliphatic carbocycles. The van der Waals surface area contributed by atoms with Gasteiger partial charge in [-0.3, -0.25) is 0 Å². The molecule has 0 saturated carbocycles. The number of nitrogens with one attached hydrogen (secondary N) is 1. The first kappa shape index (κ1) is 16.2. The summed E-state index contributed by atoms with van der Waals surface area (Å²) in [5.41, 5.74) is 0.104. The van der Waals surface area contributed by atoms with Crippen LogP contribution >= 0.6 is 11.3 Å². The Kier molecular flexibility index (Phi) is 4.79. The van der Waals surface area contributed by atoms with Crippen molar-refractivity contribution in [1.82, 2.24) is 15.2 Å². The van der Waals surface area contributed by atoms with Crippen LogP contribution in [0.15, 0.2) is 24.3 Å². The molecule has 0 radical (unpaired) electrons. The second kappa shape index (κ2) is 6.82. The number of carbonyl (C=O) groups is 1. The molecule has 23 heavy (non-hydrogen) atoms. The van der Waals surface area contributed by atoms with E-state index in [1.54, 1.807) is 18.4 Å². The number of aromatic nitrogens is 1. The quantitative estimate of drug-likeness (QED) is 0.896. The Hall–Kier alpha value is -1.70. The van der Waals surface area contributed by atoms with E-state index in [9.17, 15) is 9.90 Å². The molecule has 2 N–H and O–H groups in total. The largest absolute Gasteiger partial charge is 0.388 e. The molecule has 1 aromatic heterocycles. The molecule has 6 nitrogen and oxygen atoms in total. The molecule has 0 unspecified atom stereocenters. The van der Waals surface area contributed by atoms with Crippen LogP contribution < -0.4 is 5.32 Å². The van der Waals surface area contributed by atoms with Crippen molar-refractivity contribution in [2.45, 2.75) is 25.0 Å². The topological polar surface area (TPSA) is 74.7 Å². The molecule has 2 heterocycles. The first-order valence-corrected chi connectivity index (χ1v) is 8.51. The van der Waals surface area contributed by atoms with E-state index in [4.69, 9.17) is 4.74 Å². The number of thiazole rings is 1. The van der Waals surface area contributed by atoms with Gasteiger partial charge in [0.25, 0.3) is 0 Å². The normalized spacial score (nSPS) is 17.1. The molecule has 1 aliphatic heterocycles. The van der Waals surface area contributed by atoms with Gasteiger partial charge in [-0.2, -0.15) is 0 Å². The maximum absolute atomic E-state index is 12.2. The van der Waals surface area contributed by atoms with Crippen molar-refractivity contribution in [3.8, 4) is 0 Å². The highest BCUT2D eigenvalue weighted by molar-refractivity contribution is 7.18. The number of benzene rings is 1. The number of nitrogens with zero attached hydrogens (tertiary/aromatic N) is 2. The van der Waals surface area contributed by atoms with Crippen molar-refractivity contribution in [2.24, 2.45) is 0 Å². The number of carbonyl (C=O) groups excluding carboxylic acids is 1. The van der Waals surface area contributed by atoms with E-state index >= 15 is 0 Å². The number of hydrogen-bond donors (Lipinski definition) is 2. The van der Waals surface area contributed by atoms with E-state index < -0.39 is 5.60 Å². The molecular formula is C16H21N3O3S. The Morgan fingerprint density at radius 2 is 2.17 bits per heavy atom. The zero-order valence-corrected chi connectivity index (χ0v) is 13.9. The highest BCUT2D eigenvalue weighted by Gasteiger charge is 2.32. The van der Waals surface area contributed by atoms with E-state index in [1.165, 1.54) is 4.90 Å². The summed E-state index contributed by atoms with van der Waals surface area (Å²) in [6.45, 7) is 1.78. The molecule has 0 spiro atoms. The molecule has 1 saturated heterocycles. The number of rotatable bonds is 4. The summed E-state index contributed by atoms with van der Waals surface area (Å²) in [6.07, 6.45) is 1.12. The third kappa shape index (κ3) is 3.99. The number of hydrogen-bond acceptors (Lipinski definition) is 5. The lowest BCUT2D eigenvalue weighted by molar-refractivity contribution is -0.0722. The molecule has 1 aromatic carbocycles. The predicted octanol–water partition coefficient (Wildman–Crippen LogP) is 1.98. The fourth-order valence-electron chi connectivity index (χ4n) is 2.70. The number of para-hydroxylation sites is 1. The summed E-state index contributed by atoms with van der Waals surface area (Å²) in [6, 6.07) is 7.71. The van der Waals surface area contributed by atoms with Gasteiger partial charge in [0.1, 0.15) is 5.01 Å². The van der Waals surface area contributed by atoms with Crippen LogP contribution in [-0.4, -0.2) is 53.4 Å². The number of aliphatic hydroxyl groups is 1. The van der Waals surface area contributed by atoms with Gasteiger partial charge >= 0.3 is 6.03 Å². The zero-order chi connectivity index (χ0) is 16.3. The summed E-state index contributed by atoms with van der Waals surface area (Å²) in [7, 11) is 1.70. The molecule has 1 aliphatic rings. The molecule has 124 valence electrons. The van der Waals surface area contributed by atoms with E-state index in [2.05, 4.69) is 10.3 Å². The molecule has 1 fully saturated rings. The van der Waals surface area contributed by atoms with Gasteiger partial charge in [0.05, 0.1) is 28.9 Å². The molecule has 2 aromatic rings. The van der Waals surface area contributed by atoms with E-state index in [1.807, 2.05) is 24.3 Å². The van der Waals surface area contributed by atoms with Crippen LogP contribution in [0.4, 0.5) is 4.79 Å². The summed E-state index contributed by atoms with van der Waals surface area (Å²) in [4.78, 5) is 18.2. The van der Waals surface area contributed by atoms with Crippen molar-refractivity contribution < 1.29 is 14.6 Å². The number of fused-ring (bicyclic) bond motifs is 1. The lowest BCUT2D eigenvalue weighted by atomic mass is 9.94. The zero-order valence-electron chi connectivity index (χ0n) is 13.1. The summed E-state index contributed by atoms with van der Waals surface area (Å²) in [5, 5.41) is 14.2. The van der Waals surface area contributed by atoms with Crippen LogP contribution in [0.3, 0.4) is 0 Å². The third-order valence-corrected chi connectivity index (χ3v) is 5.07. The molecule has 0 bridgehead atoms. The average Bonchev–Trinajstić information content (AvgIpc) is 2.95. The number of likely N-dealkylation sites (N-methyl/N-ethyl adjacent to an activating group) is 1. The minimum Gasteiger partial charge on any atom is -0.388 e. The van der Waals surface area contributed by atoms with Crippen molar-refractivity contribution in [2.75, 3.05) is 26.8 Å². The van der Waals surface area contributed by atoms with Gasteiger partial charge in [-0.1, -0.05) is 12.1 Å². The van der Waals surface area contributed by atoms with Crippen molar-refractivity contribution in [3.05, 3.63) is 29.3 Å². The van der Waals surface area contributed by atoms with Crippen LogP contribution in [0.2, 0.25) is 0 Å². The Balaban J connectivity index is 1.53. The fourth-order valence-corrected chi connectivity index (χ4v) is 3.61. The van der Waals surface area contributed by atoms with E-state index in [0.717, 1.165) is 15.2 Å². The van der Waals surface area contributed by atoms with Crippen LogP contribution in [0.1, 0.15) is 17.8 Å². The van der Waals surface area contributed by atoms with Gasteiger partial charge in [0.15, 0.2) is 0 Å². The Morgan fingerprint density at radius 1 is 1.43 bits per heavy atom. The SMILES string of the molecule is CN(CC1(O)CCOCC1)C(=O)NCc1nc2ccccc2s1. The summed E-state index contributed by atoms with van der Waals surface area (Å²) < 4.78 is 6.37. The molecule has 7 heteroatoms. The second-order valence-electron chi connectivity index (χ2n) is 5.93. The highest BCUT2D eigenvalue weighted by Crippen LogP contribution is 2.22. The molecule has 2 amide bonds. The Bertz CT molecular complexity index is 649. The van der Waals surface area contributed by atoms with Crippen LogP contribution in [-0.2, 0) is 11.3 Å². The minimum atomic E-state index is -0.847. The van der Waals surface area contributed by atoms with Gasteiger partial charge in [-0.05, 0) is 12.1 Å². The molecule has 0 atom stereocenters. The van der Waals surface area contributed by atoms with Crippen molar-refractivity contribution in [3.63, 3.8) is 0 Å². The van der Waals surface area contributed by atoms with Gasteiger partial charge in [-0.25, -0.2) is 9.78 Å². The Morgan fingerprint density at radius 3 is 2.91 bits per heavy atom. The number of urea groups is 1. The van der Waals surface area contributed by atoms with E-state index in [0.29, 0.717) is 39.1 Å². The third-order valence-electron chi connectivity index (χ3n) is 4.03. The lowest BCUT2D eigenvalue weighted by Crippen LogP contribution is -2.49. The highest BCUT2D eigenvalue weighted by atomic mass is 32.1. The monoisotopic (exact) mass is 335 g/mol. The van der Waals surface area contributed by atoms with Crippen LogP contribution in [0.25, 0.3) is 10.2 Å². The fraction of sp³-hybridized carbons (Fsp3) is 0.500. The van der Waals surface area contributed by atoms with Gasteiger partial charge in [0, 0.05) is 33.1 Å². The lowest BCUT2D eigenvalue weighted by Gasteiger charge is -2.35. The van der Waals surface area contributed by atoms with Gasteiger partial charge in [0.2, 0.25) is 0 Å². The predicted molar refractivity (Wildman–Crippen MR) is 89.5 cm³/mol. The molecule has 3 rings (SSSR count). The summed E-state index contributed by atoms with van der Waals surface area (Å²) in [5.74, 6) is 0. The number of amides is 2. The molecular weight excluding hydrogens is 314 g/mol. The van der Waals surface area contributed by atoms with Crippen molar-refractivity contribution in [1.29, 1.82) is 0 Å². The first-order chi connectivity index (χ1) is 11.1. The van der Waals surface area contributed by atoms with E-state index in [-0.39, 0.29) is 6.03 Å². The smallest absolute Gasteiger partial charge is 0.317 e. The number of ether oxygens (including phenoxy) is 1. The average molecular weight is 335 g/mol. The second-order valence-corrected chi connectivity index (χ2v) is 7.04. The van der Waals surface area contributed by atoms with Crippen LogP contribution in [0.5, 0.6) is 0 Å². The maximum atomic E-state index is 12.2. The van der Waals surface area contributed by atoms with Gasteiger partial charge < -0.3 is 20.1 Å². The first-order valence-electron chi connectivity index (χ1n) is 7.69. The minimum absolute atomic E-state index is 0.204. The Labute approximate surface area is 139 Å². The van der Waals surface area contributed by atoms with Crippen LogP contribution in [0, 0.1) is 0 Å². The summed E-state index contributed by atoms with van der Waals surface area (Å²) >= 11 is 1.58. The standard InChI is InChI=1S/C16H21N3O3S/c1-19(11-16(21)6-8-22-9-7-16)15(20)17-10-14-18-12-4-2-3-5-13(12)23-14/h2-5,21H,6-11H2,1H3,(H,17,20). The van der Waals surface area contributed by atoms with Crippen molar-refractivity contribution >= 4 is 27.6 Å².